The molecule has 1 heterocycles. The van der Waals surface area contributed by atoms with Crippen LogP contribution in [0, 0.1) is 0 Å². The molecule has 0 radical (unpaired) electrons. The molecule has 9 heteroatoms. The van der Waals surface area contributed by atoms with Crippen LogP contribution in [0.1, 0.15) is 12.0 Å². The van der Waals surface area contributed by atoms with Gasteiger partial charge in [-0.3, -0.25) is 9.10 Å². The van der Waals surface area contributed by atoms with Crippen LogP contribution >= 0.6 is 11.6 Å². The molecule has 30 heavy (non-hydrogen) atoms. The van der Waals surface area contributed by atoms with Crippen molar-refractivity contribution in [2.75, 3.05) is 48.7 Å². The molecule has 1 N–H and O–H groups in total. The summed E-state index contributed by atoms with van der Waals surface area (Å²) in [4.78, 5) is 14.7. The van der Waals surface area contributed by atoms with Gasteiger partial charge < -0.3 is 15.0 Å². The van der Waals surface area contributed by atoms with Crippen LogP contribution in [0.5, 0.6) is 5.75 Å². The van der Waals surface area contributed by atoms with Crippen LogP contribution in [-0.2, 0) is 21.2 Å². The molecule has 1 amide bonds. The number of amides is 1. The van der Waals surface area contributed by atoms with Gasteiger partial charge in [0.05, 0.1) is 24.1 Å². The Hall–Kier alpha value is -2.45. The van der Waals surface area contributed by atoms with E-state index in [1.165, 1.54) is 24.4 Å². The Kier molecular flexibility index (Phi) is 7.10. The van der Waals surface area contributed by atoms with Crippen molar-refractivity contribution >= 4 is 38.9 Å². The van der Waals surface area contributed by atoms with Crippen LogP contribution in [0.15, 0.2) is 42.5 Å². The van der Waals surface area contributed by atoms with Crippen LogP contribution in [0.2, 0.25) is 5.02 Å². The summed E-state index contributed by atoms with van der Waals surface area (Å²) in [6.45, 7) is 1.97. The van der Waals surface area contributed by atoms with E-state index in [-0.39, 0.29) is 17.5 Å². The van der Waals surface area contributed by atoms with Gasteiger partial charge in [-0.25, -0.2) is 8.42 Å². The lowest BCUT2D eigenvalue weighted by molar-refractivity contribution is -0.119. The lowest BCUT2D eigenvalue weighted by atomic mass is 10.2. The molecule has 3 rings (SSSR count). The summed E-state index contributed by atoms with van der Waals surface area (Å²) in [7, 11) is -2.19. The molecular formula is C21H26ClN3O4S. The number of hydrogen-bond acceptors (Lipinski definition) is 5. The molecule has 0 unspecified atom stereocenters. The predicted molar refractivity (Wildman–Crippen MR) is 120 cm³/mol. The van der Waals surface area contributed by atoms with Crippen LogP contribution < -0.4 is 19.3 Å². The highest BCUT2D eigenvalue weighted by Crippen LogP contribution is 2.30. The van der Waals surface area contributed by atoms with E-state index >= 15 is 0 Å². The number of ether oxygens (including phenoxy) is 1. The molecule has 1 aliphatic rings. The zero-order valence-corrected chi connectivity index (χ0v) is 18.7. The maximum atomic E-state index is 12.4. The molecule has 2 aromatic rings. The number of benzene rings is 2. The summed E-state index contributed by atoms with van der Waals surface area (Å²) in [5.41, 5.74) is 2.92. The Morgan fingerprint density at radius 1 is 1.27 bits per heavy atom. The van der Waals surface area contributed by atoms with Gasteiger partial charge in [-0.2, -0.15) is 0 Å². The van der Waals surface area contributed by atoms with E-state index in [4.69, 9.17) is 16.3 Å². The van der Waals surface area contributed by atoms with E-state index in [0.29, 0.717) is 18.0 Å². The van der Waals surface area contributed by atoms with Gasteiger partial charge in [0, 0.05) is 25.3 Å². The number of hydrogen-bond donors (Lipinski definition) is 1. The van der Waals surface area contributed by atoms with Gasteiger partial charge in [0.25, 0.3) is 0 Å². The number of sulfonamides is 1. The molecule has 0 bridgehead atoms. The van der Waals surface area contributed by atoms with Crippen molar-refractivity contribution in [1.29, 1.82) is 0 Å². The monoisotopic (exact) mass is 451 g/mol. The van der Waals surface area contributed by atoms with E-state index in [0.717, 1.165) is 36.5 Å². The van der Waals surface area contributed by atoms with Crippen molar-refractivity contribution in [2.45, 2.75) is 12.8 Å². The zero-order valence-electron chi connectivity index (χ0n) is 17.1. The minimum absolute atomic E-state index is 0.273. The topological polar surface area (TPSA) is 79.0 Å². The van der Waals surface area contributed by atoms with Gasteiger partial charge in [-0.05, 0) is 42.7 Å². The van der Waals surface area contributed by atoms with Crippen LogP contribution in [0.25, 0.3) is 0 Å². The zero-order chi connectivity index (χ0) is 21.7. The normalized spacial score (nSPS) is 13.1. The third-order valence-electron chi connectivity index (χ3n) is 5.02. The van der Waals surface area contributed by atoms with E-state index in [2.05, 4.69) is 22.3 Å². The second-order valence-electron chi connectivity index (χ2n) is 7.16. The number of halogens is 1. The second-order valence-corrected chi connectivity index (χ2v) is 9.47. The first-order valence-corrected chi connectivity index (χ1v) is 11.9. The second kappa shape index (κ2) is 9.57. The molecule has 0 aromatic heterocycles. The highest BCUT2D eigenvalue weighted by atomic mass is 35.5. The first-order valence-electron chi connectivity index (χ1n) is 9.70. The minimum atomic E-state index is -3.66. The number of para-hydroxylation sites is 1. The first kappa shape index (κ1) is 22.2. The van der Waals surface area contributed by atoms with Gasteiger partial charge in [-0.1, -0.05) is 29.8 Å². The smallest absolute Gasteiger partial charge is 0.240 e. The Morgan fingerprint density at radius 3 is 2.73 bits per heavy atom. The number of nitrogens with zero attached hydrogens (tertiary/aromatic N) is 2. The fraction of sp³-hybridized carbons (Fsp3) is 0.381. The SMILES string of the molecule is COc1ccc(N(CC(=O)NCCCN2CCc3ccccc32)S(C)(=O)=O)cc1Cl. The lowest BCUT2D eigenvalue weighted by Gasteiger charge is -2.23. The van der Waals surface area contributed by atoms with Crippen molar-refractivity contribution in [3.8, 4) is 5.75 Å². The quantitative estimate of drug-likeness (QED) is 0.593. The highest BCUT2D eigenvalue weighted by molar-refractivity contribution is 7.92. The lowest BCUT2D eigenvalue weighted by Crippen LogP contribution is -2.41. The van der Waals surface area contributed by atoms with Crippen molar-refractivity contribution in [3.63, 3.8) is 0 Å². The summed E-state index contributed by atoms with van der Waals surface area (Å²) in [5, 5.41) is 3.08. The maximum absolute atomic E-state index is 12.4. The molecule has 0 aliphatic carbocycles. The van der Waals surface area contributed by atoms with Crippen LogP contribution in [-0.4, -0.2) is 53.9 Å². The maximum Gasteiger partial charge on any atom is 0.240 e. The molecule has 0 atom stereocenters. The van der Waals surface area contributed by atoms with Gasteiger partial charge in [-0.15, -0.1) is 0 Å². The summed E-state index contributed by atoms with van der Waals surface area (Å²) in [6.07, 6.45) is 2.87. The van der Waals surface area contributed by atoms with E-state index in [1.54, 1.807) is 12.1 Å². The third-order valence-corrected chi connectivity index (χ3v) is 6.46. The number of fused-ring (bicyclic) bond motifs is 1. The van der Waals surface area contributed by atoms with Crippen molar-refractivity contribution in [2.24, 2.45) is 0 Å². The number of nitrogens with one attached hydrogen (secondary N) is 1. The number of rotatable bonds is 9. The molecule has 162 valence electrons. The highest BCUT2D eigenvalue weighted by Gasteiger charge is 2.22. The number of methoxy groups -OCH3 is 1. The first-order chi connectivity index (χ1) is 14.3. The van der Waals surface area contributed by atoms with Crippen molar-refractivity contribution < 1.29 is 17.9 Å². The van der Waals surface area contributed by atoms with Gasteiger partial charge >= 0.3 is 0 Å². The molecule has 0 saturated carbocycles. The molecule has 2 aromatic carbocycles. The van der Waals surface area contributed by atoms with E-state index < -0.39 is 10.0 Å². The molecule has 1 aliphatic heterocycles. The fourth-order valence-corrected chi connectivity index (χ4v) is 4.63. The molecule has 7 nitrogen and oxygen atoms in total. The summed E-state index contributed by atoms with van der Waals surface area (Å²) in [6, 6.07) is 12.9. The Morgan fingerprint density at radius 2 is 2.03 bits per heavy atom. The Bertz CT molecular complexity index is 1010. The number of carbonyl (C=O) groups is 1. The predicted octanol–water partition coefficient (Wildman–Crippen LogP) is 2.68. The van der Waals surface area contributed by atoms with Crippen LogP contribution in [0.4, 0.5) is 11.4 Å². The fourth-order valence-electron chi connectivity index (χ4n) is 3.53. The van der Waals surface area contributed by atoms with E-state index in [1.807, 2.05) is 12.1 Å². The average Bonchev–Trinajstić information content (AvgIpc) is 3.11. The summed E-state index contributed by atoms with van der Waals surface area (Å²) in [5.74, 6) is 0.0657. The third kappa shape index (κ3) is 5.37. The Balaban J connectivity index is 1.53. The molecule has 0 fully saturated rings. The summed E-state index contributed by atoms with van der Waals surface area (Å²) >= 11 is 6.11. The van der Waals surface area contributed by atoms with Crippen LogP contribution in [0.3, 0.4) is 0 Å². The summed E-state index contributed by atoms with van der Waals surface area (Å²) < 4.78 is 30.6. The molecular weight excluding hydrogens is 426 g/mol. The molecule has 0 saturated heterocycles. The van der Waals surface area contributed by atoms with Crippen molar-refractivity contribution in [3.05, 3.63) is 53.1 Å². The molecule has 0 spiro atoms. The average molecular weight is 452 g/mol. The number of carbonyl (C=O) groups excluding carboxylic acids is 1. The van der Waals surface area contributed by atoms with E-state index in [9.17, 15) is 13.2 Å². The number of anilines is 2. The van der Waals surface area contributed by atoms with Gasteiger partial charge in [0.1, 0.15) is 12.3 Å². The minimum Gasteiger partial charge on any atom is -0.495 e. The standard InChI is InChI=1S/C21H26ClN3O4S/c1-29-20-9-8-17(14-18(20)22)25(30(2,27)28)15-21(26)23-11-5-12-24-13-10-16-6-3-4-7-19(16)24/h3-4,6-9,14H,5,10-13,15H2,1-2H3,(H,23,26). The van der Waals surface area contributed by atoms with Gasteiger partial charge in [0.15, 0.2) is 0 Å². The Labute approximate surface area is 182 Å². The van der Waals surface area contributed by atoms with Crippen molar-refractivity contribution in [1.82, 2.24) is 5.32 Å². The largest absolute Gasteiger partial charge is 0.495 e. The van der Waals surface area contributed by atoms with Gasteiger partial charge in [0.2, 0.25) is 15.9 Å².